The molecule has 1 saturated heterocycles. The Kier molecular flexibility index (Phi) is 8.93. The number of hydrogen-bond acceptors (Lipinski definition) is 4. The van der Waals surface area contributed by atoms with Crippen LogP contribution in [0.3, 0.4) is 0 Å². The van der Waals surface area contributed by atoms with E-state index < -0.39 is 0 Å². The second-order valence-electron chi connectivity index (χ2n) is 4.26. The Morgan fingerprint density at radius 3 is 2.65 bits per heavy atom. The first-order valence-corrected chi connectivity index (χ1v) is 6.57. The zero-order valence-corrected chi connectivity index (χ0v) is 10.5. The molecule has 4 heteroatoms. The Labute approximate surface area is 104 Å². The van der Waals surface area contributed by atoms with E-state index in [1.807, 2.05) is 0 Å². The third-order valence-electron chi connectivity index (χ3n) is 2.81. The van der Waals surface area contributed by atoms with Crippen LogP contribution >= 0.6 is 0 Å². The van der Waals surface area contributed by atoms with E-state index in [4.69, 9.17) is 19.5 Å². The number of ether oxygens (including phenoxy) is 3. The maximum Gasteiger partial charge on any atom is 0.0700 e. The molecule has 0 amide bonds. The van der Waals surface area contributed by atoms with E-state index in [-0.39, 0.29) is 0 Å². The summed E-state index contributed by atoms with van der Waals surface area (Å²) < 4.78 is 16.4. The van der Waals surface area contributed by atoms with Gasteiger partial charge in [-0.25, -0.2) is 0 Å². The fourth-order valence-corrected chi connectivity index (χ4v) is 1.82. The fraction of sp³-hybridized carbons (Fsp3) is 0.923. The van der Waals surface area contributed by atoms with Crippen LogP contribution in [0.15, 0.2) is 0 Å². The van der Waals surface area contributed by atoms with Gasteiger partial charge in [-0.15, -0.1) is 0 Å². The van der Waals surface area contributed by atoms with Crippen molar-refractivity contribution in [2.24, 2.45) is 0 Å². The number of rotatable bonds is 10. The topological polar surface area (TPSA) is 51.5 Å². The first-order valence-electron chi connectivity index (χ1n) is 6.57. The molecule has 1 aliphatic heterocycles. The Morgan fingerprint density at radius 2 is 1.94 bits per heavy atom. The molecule has 0 aromatic heterocycles. The van der Waals surface area contributed by atoms with Crippen LogP contribution in [0, 0.1) is 11.3 Å². The molecule has 0 N–H and O–H groups in total. The molecule has 1 rings (SSSR count). The van der Waals surface area contributed by atoms with Gasteiger partial charge in [0.05, 0.1) is 25.4 Å². The van der Waals surface area contributed by atoms with E-state index >= 15 is 0 Å². The molecule has 1 fully saturated rings. The van der Waals surface area contributed by atoms with Crippen molar-refractivity contribution < 1.29 is 14.2 Å². The predicted molar refractivity (Wildman–Crippen MR) is 64.7 cm³/mol. The van der Waals surface area contributed by atoms with E-state index in [0.29, 0.717) is 25.7 Å². The standard InChI is InChI=1S/C13H23NO3/c14-7-2-1-3-8-15-11-12-16-10-6-13-5-4-9-17-13/h13H,1-6,8-12H2. The highest BCUT2D eigenvalue weighted by molar-refractivity contribution is 4.67. The van der Waals surface area contributed by atoms with Crippen molar-refractivity contribution in [3.05, 3.63) is 0 Å². The predicted octanol–water partition coefficient (Wildman–Crippen LogP) is 2.28. The minimum atomic E-state index is 0.418. The van der Waals surface area contributed by atoms with Gasteiger partial charge in [-0.2, -0.15) is 5.26 Å². The van der Waals surface area contributed by atoms with Crippen LogP contribution in [-0.4, -0.2) is 39.1 Å². The fourth-order valence-electron chi connectivity index (χ4n) is 1.82. The molecule has 17 heavy (non-hydrogen) atoms. The van der Waals surface area contributed by atoms with Crippen LogP contribution in [0.1, 0.15) is 38.5 Å². The summed E-state index contributed by atoms with van der Waals surface area (Å²) in [6.07, 6.45) is 6.31. The number of hydrogen-bond donors (Lipinski definition) is 0. The molecule has 0 aliphatic carbocycles. The smallest absolute Gasteiger partial charge is 0.0700 e. The maximum absolute atomic E-state index is 8.33. The highest BCUT2D eigenvalue weighted by Gasteiger charge is 2.14. The Hall–Kier alpha value is -0.630. The summed E-state index contributed by atoms with van der Waals surface area (Å²) in [5, 5.41) is 8.33. The van der Waals surface area contributed by atoms with Gasteiger partial charge in [0.1, 0.15) is 0 Å². The van der Waals surface area contributed by atoms with Gasteiger partial charge in [0, 0.05) is 26.2 Å². The molecule has 0 spiro atoms. The molecule has 0 aromatic carbocycles. The summed E-state index contributed by atoms with van der Waals surface area (Å²) in [5.41, 5.74) is 0. The molecule has 0 radical (unpaired) electrons. The van der Waals surface area contributed by atoms with Crippen molar-refractivity contribution in [3.8, 4) is 6.07 Å². The molecule has 0 aromatic rings. The summed E-state index contributed by atoms with van der Waals surface area (Å²) in [6.45, 7) is 3.72. The largest absolute Gasteiger partial charge is 0.379 e. The van der Waals surface area contributed by atoms with Gasteiger partial charge >= 0.3 is 0 Å². The third-order valence-corrected chi connectivity index (χ3v) is 2.81. The van der Waals surface area contributed by atoms with Gasteiger partial charge in [0.25, 0.3) is 0 Å². The first kappa shape index (κ1) is 14.4. The maximum atomic E-state index is 8.33. The van der Waals surface area contributed by atoms with Crippen LogP contribution in [-0.2, 0) is 14.2 Å². The summed E-state index contributed by atoms with van der Waals surface area (Å²) in [6, 6.07) is 2.12. The van der Waals surface area contributed by atoms with E-state index in [1.54, 1.807) is 0 Å². The van der Waals surface area contributed by atoms with Gasteiger partial charge < -0.3 is 14.2 Å². The van der Waals surface area contributed by atoms with Crippen LogP contribution in [0.25, 0.3) is 0 Å². The summed E-state index contributed by atoms with van der Waals surface area (Å²) in [4.78, 5) is 0. The van der Waals surface area contributed by atoms with E-state index in [0.717, 1.165) is 39.1 Å². The lowest BCUT2D eigenvalue weighted by molar-refractivity contribution is 0.0250. The summed E-state index contributed by atoms with van der Waals surface area (Å²) in [5.74, 6) is 0. The Balaban J connectivity index is 1.71. The average Bonchev–Trinajstić information content (AvgIpc) is 2.85. The van der Waals surface area contributed by atoms with Crippen molar-refractivity contribution in [1.82, 2.24) is 0 Å². The number of unbranched alkanes of at least 4 members (excludes halogenated alkanes) is 2. The molecule has 1 aliphatic rings. The van der Waals surface area contributed by atoms with Gasteiger partial charge in [-0.05, 0) is 32.1 Å². The lowest BCUT2D eigenvalue weighted by Crippen LogP contribution is -2.11. The average molecular weight is 241 g/mol. The third kappa shape index (κ3) is 8.14. The highest BCUT2D eigenvalue weighted by Crippen LogP contribution is 2.14. The minimum absolute atomic E-state index is 0.418. The lowest BCUT2D eigenvalue weighted by Gasteiger charge is -2.09. The van der Waals surface area contributed by atoms with Gasteiger partial charge in [0.2, 0.25) is 0 Å². The van der Waals surface area contributed by atoms with E-state index in [9.17, 15) is 0 Å². The highest BCUT2D eigenvalue weighted by atomic mass is 16.5. The molecule has 1 heterocycles. The molecular formula is C13H23NO3. The number of nitriles is 1. The molecule has 0 saturated carbocycles. The first-order chi connectivity index (χ1) is 8.43. The molecule has 0 bridgehead atoms. The van der Waals surface area contributed by atoms with Crippen LogP contribution in [0.4, 0.5) is 0 Å². The monoisotopic (exact) mass is 241 g/mol. The second kappa shape index (κ2) is 10.5. The zero-order valence-electron chi connectivity index (χ0n) is 10.5. The molecule has 1 unspecified atom stereocenters. The van der Waals surface area contributed by atoms with E-state index in [1.165, 1.54) is 12.8 Å². The van der Waals surface area contributed by atoms with Crippen LogP contribution in [0.5, 0.6) is 0 Å². The second-order valence-corrected chi connectivity index (χ2v) is 4.26. The van der Waals surface area contributed by atoms with Gasteiger partial charge in [0.15, 0.2) is 0 Å². The Morgan fingerprint density at radius 1 is 1.12 bits per heavy atom. The zero-order chi connectivity index (χ0) is 12.2. The molecule has 1 atom stereocenters. The van der Waals surface area contributed by atoms with E-state index in [2.05, 4.69) is 6.07 Å². The van der Waals surface area contributed by atoms with Crippen molar-refractivity contribution >= 4 is 0 Å². The van der Waals surface area contributed by atoms with Crippen molar-refractivity contribution in [2.45, 2.75) is 44.6 Å². The van der Waals surface area contributed by atoms with Crippen molar-refractivity contribution in [1.29, 1.82) is 5.26 Å². The van der Waals surface area contributed by atoms with Crippen molar-refractivity contribution in [2.75, 3.05) is 33.0 Å². The minimum Gasteiger partial charge on any atom is -0.379 e. The molecule has 98 valence electrons. The lowest BCUT2D eigenvalue weighted by atomic mass is 10.2. The Bertz CT molecular complexity index is 209. The number of nitrogens with zero attached hydrogens (tertiary/aromatic N) is 1. The van der Waals surface area contributed by atoms with Crippen molar-refractivity contribution in [3.63, 3.8) is 0 Å². The quantitative estimate of drug-likeness (QED) is 0.551. The SMILES string of the molecule is N#CCCCCOCCOCCC1CCCO1. The van der Waals surface area contributed by atoms with Gasteiger partial charge in [-0.1, -0.05) is 0 Å². The van der Waals surface area contributed by atoms with Crippen LogP contribution in [0.2, 0.25) is 0 Å². The van der Waals surface area contributed by atoms with Crippen LogP contribution < -0.4 is 0 Å². The normalized spacial score (nSPS) is 19.4. The molecule has 4 nitrogen and oxygen atoms in total. The summed E-state index contributed by atoms with van der Waals surface area (Å²) in [7, 11) is 0. The molecular weight excluding hydrogens is 218 g/mol. The summed E-state index contributed by atoms with van der Waals surface area (Å²) >= 11 is 0. The van der Waals surface area contributed by atoms with Gasteiger partial charge in [-0.3, -0.25) is 0 Å².